The van der Waals surface area contributed by atoms with E-state index in [0.29, 0.717) is 17.1 Å². The van der Waals surface area contributed by atoms with Crippen LogP contribution in [0.2, 0.25) is 5.02 Å². The summed E-state index contributed by atoms with van der Waals surface area (Å²) in [5, 5.41) is 9.46. The molecule has 3 aromatic rings. The van der Waals surface area contributed by atoms with Crippen LogP contribution < -0.4 is 20.7 Å². The van der Waals surface area contributed by atoms with Gasteiger partial charge in [-0.05, 0) is 77.9 Å². The number of rotatable bonds is 13. The van der Waals surface area contributed by atoms with Crippen molar-refractivity contribution in [3.05, 3.63) is 64.8 Å². The molecular formula is C33H46ClN7O3S. The first-order valence-corrected chi connectivity index (χ1v) is 17.3. The second-order valence-corrected chi connectivity index (χ2v) is 14.6. The van der Waals surface area contributed by atoms with Crippen LogP contribution in [-0.2, 0) is 16.3 Å². The summed E-state index contributed by atoms with van der Waals surface area (Å²) in [7, 11) is 0.537. The van der Waals surface area contributed by atoms with Crippen molar-refractivity contribution in [2.24, 2.45) is 0 Å². The molecule has 45 heavy (non-hydrogen) atoms. The van der Waals surface area contributed by atoms with Crippen molar-refractivity contribution < 1.29 is 13.2 Å². The van der Waals surface area contributed by atoms with Crippen LogP contribution in [0.4, 0.5) is 23.1 Å². The monoisotopic (exact) mass is 655 g/mol. The highest BCUT2D eigenvalue weighted by Gasteiger charge is 2.24. The Labute approximate surface area is 273 Å². The minimum absolute atomic E-state index is 0.0601. The van der Waals surface area contributed by atoms with Crippen LogP contribution in [0.3, 0.4) is 0 Å². The van der Waals surface area contributed by atoms with Crippen LogP contribution in [0, 0.1) is 0 Å². The molecule has 3 N–H and O–H groups in total. The molecule has 1 aliphatic heterocycles. The van der Waals surface area contributed by atoms with Gasteiger partial charge in [-0.15, -0.1) is 0 Å². The van der Waals surface area contributed by atoms with E-state index in [-0.39, 0.29) is 27.8 Å². The van der Waals surface area contributed by atoms with Crippen LogP contribution in [0.15, 0.2) is 53.6 Å². The molecule has 1 saturated heterocycles. The summed E-state index contributed by atoms with van der Waals surface area (Å²) in [5.74, 6) is 1.25. The van der Waals surface area contributed by atoms with Crippen LogP contribution in [0.25, 0.3) is 5.70 Å². The molecule has 0 spiro atoms. The summed E-state index contributed by atoms with van der Waals surface area (Å²) in [4.78, 5) is 14.1. The predicted octanol–water partition coefficient (Wildman–Crippen LogP) is 5.96. The summed E-state index contributed by atoms with van der Waals surface area (Å²) in [6, 6.07) is 10.9. The summed E-state index contributed by atoms with van der Waals surface area (Å²) in [6.45, 7) is 14.5. The maximum Gasteiger partial charge on any atom is 0.229 e. The number of ether oxygens (including phenoxy) is 1. The van der Waals surface area contributed by atoms with Crippen molar-refractivity contribution in [2.45, 2.75) is 57.3 Å². The van der Waals surface area contributed by atoms with Crippen molar-refractivity contribution in [1.29, 1.82) is 0 Å². The van der Waals surface area contributed by atoms with Gasteiger partial charge in [0.25, 0.3) is 0 Å². The first-order chi connectivity index (χ1) is 21.4. The van der Waals surface area contributed by atoms with Crippen molar-refractivity contribution in [2.75, 3.05) is 57.5 Å². The number of allylic oxidation sites excluding steroid dienone is 1. The minimum Gasteiger partial charge on any atom is -0.489 e. The van der Waals surface area contributed by atoms with E-state index in [4.69, 9.17) is 16.3 Å². The molecule has 0 bridgehead atoms. The zero-order chi connectivity index (χ0) is 32.7. The normalized spacial score (nSPS) is 15.0. The van der Waals surface area contributed by atoms with Gasteiger partial charge in [0, 0.05) is 51.0 Å². The Balaban J connectivity index is 1.69. The van der Waals surface area contributed by atoms with Gasteiger partial charge < -0.3 is 30.5 Å². The van der Waals surface area contributed by atoms with Gasteiger partial charge in [0.1, 0.15) is 10.8 Å². The number of hydrogen-bond donors (Lipinski definition) is 3. The zero-order valence-electron chi connectivity index (χ0n) is 27.3. The molecular weight excluding hydrogens is 610 g/mol. The minimum atomic E-state index is -3.55. The van der Waals surface area contributed by atoms with E-state index in [1.54, 1.807) is 38.1 Å². The lowest BCUT2D eigenvalue weighted by Gasteiger charge is -2.32. The maximum atomic E-state index is 13.0. The largest absolute Gasteiger partial charge is 0.489 e. The van der Waals surface area contributed by atoms with Crippen molar-refractivity contribution in [3.63, 3.8) is 0 Å². The Bertz CT molecular complexity index is 1600. The van der Waals surface area contributed by atoms with Crippen LogP contribution in [-0.4, -0.2) is 86.4 Å². The zero-order valence-corrected chi connectivity index (χ0v) is 28.9. The van der Waals surface area contributed by atoms with E-state index in [1.807, 2.05) is 27.8 Å². The van der Waals surface area contributed by atoms with Gasteiger partial charge in [-0.25, -0.2) is 13.4 Å². The molecule has 0 radical (unpaired) electrons. The number of aromatic nitrogens is 2. The average molecular weight is 656 g/mol. The lowest BCUT2D eigenvalue weighted by Crippen LogP contribution is -2.45. The molecule has 0 saturated carbocycles. The second kappa shape index (κ2) is 15.3. The summed E-state index contributed by atoms with van der Waals surface area (Å²) >= 11 is 6.50. The quantitative estimate of drug-likeness (QED) is 0.204. The van der Waals surface area contributed by atoms with E-state index < -0.39 is 15.1 Å². The number of nitrogens with one attached hydrogen (secondary N) is 3. The lowest BCUT2D eigenvalue weighted by atomic mass is 9.99. The Hall–Kier alpha value is -3.38. The molecule has 4 rings (SSSR count). The SMILES string of the molecule is CC=C(NC)c1cc(Nc2ncc(Cl)c(Nc3ccccc3S(=O)(=O)C(C)C)n2)c(OC(C)C)cc1CCN1CCN(C)CC1. The van der Waals surface area contributed by atoms with Crippen LogP contribution in [0.5, 0.6) is 5.75 Å². The van der Waals surface area contributed by atoms with Gasteiger partial charge in [-0.2, -0.15) is 4.98 Å². The molecule has 0 atom stereocenters. The molecule has 244 valence electrons. The third-order valence-electron chi connectivity index (χ3n) is 7.77. The van der Waals surface area contributed by atoms with Crippen molar-refractivity contribution in [3.8, 4) is 5.75 Å². The highest BCUT2D eigenvalue weighted by Crippen LogP contribution is 2.36. The van der Waals surface area contributed by atoms with E-state index >= 15 is 0 Å². The number of hydrogen-bond acceptors (Lipinski definition) is 10. The fraction of sp³-hybridized carbons (Fsp3) is 0.455. The molecule has 1 aliphatic rings. The number of halogens is 1. The van der Waals surface area contributed by atoms with Crippen LogP contribution in [0.1, 0.15) is 45.7 Å². The van der Waals surface area contributed by atoms with Gasteiger partial charge in [-0.1, -0.05) is 29.8 Å². The number of anilines is 4. The maximum absolute atomic E-state index is 13.0. The predicted molar refractivity (Wildman–Crippen MR) is 185 cm³/mol. The molecule has 1 aromatic heterocycles. The van der Waals surface area contributed by atoms with Crippen molar-refractivity contribution >= 4 is 50.3 Å². The Morgan fingerprint density at radius 1 is 1.07 bits per heavy atom. The summed E-state index contributed by atoms with van der Waals surface area (Å²) in [5.41, 5.74) is 4.34. The number of benzene rings is 2. The smallest absolute Gasteiger partial charge is 0.229 e. The molecule has 0 amide bonds. The number of piperazine rings is 1. The number of para-hydroxylation sites is 1. The Kier molecular flexibility index (Phi) is 11.7. The molecule has 2 heterocycles. The van der Waals surface area contributed by atoms with Crippen LogP contribution >= 0.6 is 11.6 Å². The molecule has 0 unspecified atom stereocenters. The van der Waals surface area contributed by atoms with E-state index in [9.17, 15) is 8.42 Å². The van der Waals surface area contributed by atoms with E-state index in [1.165, 1.54) is 11.8 Å². The molecule has 12 heteroatoms. The second-order valence-electron chi connectivity index (χ2n) is 11.7. The van der Waals surface area contributed by atoms with Gasteiger partial charge >= 0.3 is 0 Å². The number of nitrogens with zero attached hydrogens (tertiary/aromatic N) is 4. The van der Waals surface area contributed by atoms with Gasteiger partial charge in [0.2, 0.25) is 5.95 Å². The Morgan fingerprint density at radius 2 is 1.78 bits per heavy atom. The Morgan fingerprint density at radius 3 is 2.42 bits per heavy atom. The molecule has 2 aromatic carbocycles. The van der Waals surface area contributed by atoms with Crippen molar-refractivity contribution in [1.82, 2.24) is 25.1 Å². The first-order valence-electron chi connectivity index (χ1n) is 15.4. The number of sulfone groups is 1. The first kappa shape index (κ1) is 34.5. The van der Waals surface area contributed by atoms with E-state index in [0.717, 1.165) is 50.4 Å². The molecule has 10 nitrogen and oxygen atoms in total. The lowest BCUT2D eigenvalue weighted by molar-refractivity contribution is 0.155. The fourth-order valence-corrected chi connectivity index (χ4v) is 6.49. The molecule has 0 aliphatic carbocycles. The molecule has 1 fully saturated rings. The van der Waals surface area contributed by atoms with Gasteiger partial charge in [0.15, 0.2) is 15.7 Å². The number of likely N-dealkylation sites (N-methyl/N-ethyl adjacent to an activating group) is 1. The standard InChI is InChI=1S/C33H46ClN7O3S/c1-8-27(35-6)25-20-29(30(44-22(2)3)19-24(25)13-14-41-17-15-40(7)16-18-41)38-33-36-21-26(34)32(39-33)37-28-11-9-10-12-31(28)45(42,43)23(4)5/h8-12,19-23,35H,13-18H2,1-7H3,(H2,36,37,38,39). The van der Waals surface area contributed by atoms with Gasteiger partial charge in [0.05, 0.1) is 33.8 Å². The highest BCUT2D eigenvalue weighted by molar-refractivity contribution is 7.92. The third kappa shape index (κ3) is 8.66. The summed E-state index contributed by atoms with van der Waals surface area (Å²) in [6.07, 6.45) is 4.36. The van der Waals surface area contributed by atoms with E-state index in [2.05, 4.69) is 61.0 Å². The topological polar surface area (TPSA) is 112 Å². The average Bonchev–Trinajstić information content (AvgIpc) is 3.00. The van der Waals surface area contributed by atoms with Gasteiger partial charge in [-0.3, -0.25) is 0 Å². The third-order valence-corrected chi connectivity index (χ3v) is 10.3. The fourth-order valence-electron chi connectivity index (χ4n) is 5.15. The highest BCUT2D eigenvalue weighted by atomic mass is 35.5. The summed E-state index contributed by atoms with van der Waals surface area (Å²) < 4.78 is 32.4.